The number of piperazine rings is 1. The molecule has 4 aromatic rings. The van der Waals surface area contributed by atoms with Gasteiger partial charge in [-0.25, -0.2) is 14.6 Å². The molecule has 4 heterocycles. The largest absolute Gasteiger partial charge is 0.494 e. The van der Waals surface area contributed by atoms with Gasteiger partial charge in [-0.2, -0.15) is 5.10 Å². The van der Waals surface area contributed by atoms with E-state index in [-0.39, 0.29) is 17.4 Å². The van der Waals surface area contributed by atoms with Crippen LogP contribution < -0.4 is 24.4 Å². The second kappa shape index (κ2) is 12.8. The van der Waals surface area contributed by atoms with Crippen LogP contribution >= 0.6 is 0 Å². The number of carbonyl (C=O) groups is 1. The van der Waals surface area contributed by atoms with E-state index in [1.807, 2.05) is 36.0 Å². The molecule has 1 saturated heterocycles. The van der Waals surface area contributed by atoms with Crippen molar-refractivity contribution in [2.75, 3.05) is 58.5 Å². The fraction of sp³-hybridized carbons (Fsp3) is 0.486. The number of benzene rings is 2. The number of anilines is 1. The molecule has 3 aliphatic rings. The number of ether oxygens (including phenoxy) is 3. The summed E-state index contributed by atoms with van der Waals surface area (Å²) in [4.78, 5) is 27.3. The highest BCUT2D eigenvalue weighted by Crippen LogP contribution is 2.46. The predicted octanol–water partition coefficient (Wildman–Crippen LogP) is 4.17. The number of rotatable bonds is 8. The quantitative estimate of drug-likeness (QED) is 0.309. The molecule has 11 nitrogen and oxygen atoms in total. The lowest BCUT2D eigenvalue weighted by atomic mass is 9.69. The number of aromatic nitrogens is 4. The number of nitrogens with zero attached hydrogens (tertiary/aromatic N) is 6. The van der Waals surface area contributed by atoms with Gasteiger partial charge < -0.3 is 29.3 Å². The first-order valence-electron chi connectivity index (χ1n) is 16.4. The Hall–Kier alpha value is -4.38. The van der Waals surface area contributed by atoms with E-state index in [9.17, 15) is 4.79 Å². The van der Waals surface area contributed by atoms with Crippen LogP contribution in [0.2, 0.25) is 0 Å². The monoisotopic (exact) mass is 625 g/mol. The Morgan fingerprint density at radius 2 is 1.80 bits per heavy atom. The standard InChI is InChI=1S/C35H43N7O4/c1-4-46-27-7-5-6-24(18-27)22-42-33-28(21-39-42)32(36-23-37-33)40-14-16-41(17-15-40)34(43)25-8-11-35(12-9-25)29-20-31(45-3)30(44-2)19-26(29)10-13-38-35/h5-7,18-21,23,25,38H,4,8-17,22H2,1-3H3/t25-,35+. The van der Waals surface area contributed by atoms with Gasteiger partial charge in [0, 0.05) is 44.2 Å². The third-order valence-electron chi connectivity index (χ3n) is 10.0. The number of hydrogen-bond donors (Lipinski definition) is 1. The molecule has 2 aliphatic heterocycles. The minimum absolute atomic E-state index is 0.0507. The van der Waals surface area contributed by atoms with Gasteiger partial charge in [-0.3, -0.25) is 4.79 Å². The van der Waals surface area contributed by atoms with Gasteiger partial charge in [-0.05, 0) is 80.0 Å². The number of carbonyl (C=O) groups excluding carboxylic acids is 1. The van der Waals surface area contributed by atoms with E-state index in [0.717, 1.165) is 91.4 Å². The predicted molar refractivity (Wildman–Crippen MR) is 176 cm³/mol. The van der Waals surface area contributed by atoms with Crippen molar-refractivity contribution in [2.45, 2.75) is 51.1 Å². The molecular weight excluding hydrogens is 582 g/mol. The Balaban J connectivity index is 0.987. The lowest BCUT2D eigenvalue weighted by Gasteiger charge is -2.46. The zero-order valence-corrected chi connectivity index (χ0v) is 27.0. The van der Waals surface area contributed by atoms with Crippen LogP contribution in [0.4, 0.5) is 5.82 Å². The summed E-state index contributed by atoms with van der Waals surface area (Å²) in [6, 6.07) is 12.4. The molecule has 0 atom stereocenters. The Labute approximate surface area is 269 Å². The van der Waals surface area contributed by atoms with E-state index in [1.165, 1.54) is 11.1 Å². The third kappa shape index (κ3) is 5.61. The number of fused-ring (bicyclic) bond motifs is 3. The third-order valence-corrected chi connectivity index (χ3v) is 10.0. The Morgan fingerprint density at radius 3 is 2.57 bits per heavy atom. The molecule has 1 saturated carbocycles. The SMILES string of the molecule is CCOc1cccc(Cn2ncc3c(N4CCN(C(=O)[C@H]5CC[C@]6(CC5)NCCc5cc(OC)c(OC)cc56)CC4)ncnc32)c1. The first-order valence-corrected chi connectivity index (χ1v) is 16.4. The molecule has 7 rings (SSSR count). The molecule has 1 amide bonds. The summed E-state index contributed by atoms with van der Waals surface area (Å²) in [5.41, 5.74) is 4.40. The summed E-state index contributed by atoms with van der Waals surface area (Å²) in [7, 11) is 3.37. The summed E-state index contributed by atoms with van der Waals surface area (Å²) in [5.74, 6) is 3.61. The molecular formula is C35H43N7O4. The zero-order valence-electron chi connectivity index (χ0n) is 27.0. The number of amides is 1. The van der Waals surface area contributed by atoms with Crippen LogP contribution in [0.25, 0.3) is 11.0 Å². The molecule has 0 unspecified atom stereocenters. The van der Waals surface area contributed by atoms with E-state index in [4.69, 9.17) is 14.2 Å². The van der Waals surface area contributed by atoms with Gasteiger partial charge in [0.05, 0.1) is 39.0 Å². The average Bonchev–Trinajstić information content (AvgIpc) is 3.51. The van der Waals surface area contributed by atoms with E-state index in [0.29, 0.717) is 26.2 Å². The van der Waals surface area contributed by atoms with Gasteiger partial charge in [0.2, 0.25) is 5.91 Å². The highest BCUT2D eigenvalue weighted by Gasteiger charge is 2.43. The summed E-state index contributed by atoms with van der Waals surface area (Å²) < 4.78 is 18.8. The van der Waals surface area contributed by atoms with Crippen molar-refractivity contribution in [2.24, 2.45) is 5.92 Å². The van der Waals surface area contributed by atoms with Crippen LogP contribution in [0.15, 0.2) is 48.9 Å². The summed E-state index contributed by atoms with van der Waals surface area (Å²) in [5, 5.41) is 9.41. The van der Waals surface area contributed by atoms with Crippen molar-refractivity contribution in [3.8, 4) is 17.2 Å². The van der Waals surface area contributed by atoms with Crippen LogP contribution in [0.1, 0.15) is 49.3 Å². The smallest absolute Gasteiger partial charge is 0.225 e. The molecule has 2 fully saturated rings. The van der Waals surface area contributed by atoms with Gasteiger partial charge in [0.15, 0.2) is 17.1 Å². The van der Waals surface area contributed by atoms with Gasteiger partial charge in [-0.15, -0.1) is 0 Å². The molecule has 2 aromatic carbocycles. The minimum atomic E-state index is -0.114. The normalized spacial score (nSPS) is 21.3. The highest BCUT2D eigenvalue weighted by molar-refractivity contribution is 5.87. The second-order valence-electron chi connectivity index (χ2n) is 12.5. The van der Waals surface area contributed by atoms with E-state index >= 15 is 0 Å². The highest BCUT2D eigenvalue weighted by atomic mass is 16.5. The van der Waals surface area contributed by atoms with Crippen LogP contribution in [-0.2, 0) is 23.3 Å². The van der Waals surface area contributed by atoms with Gasteiger partial charge in [0.25, 0.3) is 0 Å². The maximum Gasteiger partial charge on any atom is 0.225 e. The fourth-order valence-electron chi connectivity index (χ4n) is 7.63. The molecule has 1 N–H and O–H groups in total. The lowest BCUT2D eigenvalue weighted by Crippen LogP contribution is -2.53. The van der Waals surface area contributed by atoms with Crippen LogP contribution in [0.5, 0.6) is 17.2 Å². The maximum atomic E-state index is 13.8. The van der Waals surface area contributed by atoms with Gasteiger partial charge in [-0.1, -0.05) is 12.1 Å². The topological polar surface area (TPSA) is 107 Å². The Bertz CT molecular complexity index is 1710. The summed E-state index contributed by atoms with van der Waals surface area (Å²) >= 11 is 0. The number of hydrogen-bond acceptors (Lipinski definition) is 9. The Morgan fingerprint density at radius 1 is 1.02 bits per heavy atom. The van der Waals surface area contributed by atoms with Crippen molar-refractivity contribution < 1.29 is 19.0 Å². The van der Waals surface area contributed by atoms with Crippen molar-refractivity contribution in [1.29, 1.82) is 0 Å². The molecule has 0 bridgehead atoms. The van der Waals surface area contributed by atoms with E-state index in [1.54, 1.807) is 20.5 Å². The molecule has 1 aliphatic carbocycles. The van der Waals surface area contributed by atoms with Crippen molar-refractivity contribution in [1.82, 2.24) is 30.0 Å². The first kappa shape index (κ1) is 30.3. The van der Waals surface area contributed by atoms with Gasteiger partial charge >= 0.3 is 0 Å². The first-order chi connectivity index (χ1) is 22.5. The van der Waals surface area contributed by atoms with E-state index < -0.39 is 0 Å². The molecule has 46 heavy (non-hydrogen) atoms. The average molecular weight is 626 g/mol. The summed E-state index contributed by atoms with van der Waals surface area (Å²) in [6.45, 7) is 6.96. The lowest BCUT2D eigenvalue weighted by molar-refractivity contribution is -0.137. The molecule has 11 heteroatoms. The fourth-order valence-corrected chi connectivity index (χ4v) is 7.63. The van der Waals surface area contributed by atoms with Crippen LogP contribution in [0, 0.1) is 5.92 Å². The number of nitrogens with one attached hydrogen (secondary N) is 1. The Kier molecular flexibility index (Phi) is 8.42. The van der Waals surface area contributed by atoms with Crippen LogP contribution in [0.3, 0.4) is 0 Å². The molecule has 0 radical (unpaired) electrons. The van der Waals surface area contributed by atoms with Crippen molar-refractivity contribution in [3.05, 3.63) is 65.6 Å². The zero-order chi connectivity index (χ0) is 31.7. The minimum Gasteiger partial charge on any atom is -0.494 e. The molecule has 242 valence electrons. The van der Waals surface area contributed by atoms with Gasteiger partial charge in [0.1, 0.15) is 17.9 Å². The maximum absolute atomic E-state index is 13.8. The van der Waals surface area contributed by atoms with Crippen molar-refractivity contribution >= 4 is 22.8 Å². The molecule has 1 spiro atoms. The van der Waals surface area contributed by atoms with Crippen LogP contribution in [-0.4, -0.2) is 84.1 Å². The summed E-state index contributed by atoms with van der Waals surface area (Å²) in [6.07, 6.45) is 8.06. The second-order valence-corrected chi connectivity index (χ2v) is 12.5. The van der Waals surface area contributed by atoms with Crippen molar-refractivity contribution in [3.63, 3.8) is 0 Å². The molecule has 2 aromatic heterocycles. The van der Waals surface area contributed by atoms with E-state index in [2.05, 4.69) is 48.4 Å². The number of methoxy groups -OCH3 is 2.